The lowest BCUT2D eigenvalue weighted by Crippen LogP contribution is -2.13. The smallest absolute Gasteiger partial charge is 0.416 e. The second-order valence-electron chi connectivity index (χ2n) is 4.31. The van der Waals surface area contributed by atoms with Crippen LogP contribution in [0.1, 0.15) is 15.9 Å². The number of anilines is 1. The van der Waals surface area contributed by atoms with Crippen LogP contribution in [0.3, 0.4) is 0 Å². The molecule has 0 bridgehead atoms. The first-order valence-electron chi connectivity index (χ1n) is 5.85. The molecule has 0 saturated carbocycles. The van der Waals surface area contributed by atoms with E-state index in [1.807, 2.05) is 0 Å². The Hall–Kier alpha value is -2.28. The van der Waals surface area contributed by atoms with Gasteiger partial charge in [0.15, 0.2) is 0 Å². The summed E-state index contributed by atoms with van der Waals surface area (Å²) in [7, 11) is 0. The lowest BCUT2D eigenvalue weighted by Gasteiger charge is -2.11. The number of benzene rings is 2. The van der Waals surface area contributed by atoms with Gasteiger partial charge in [0.1, 0.15) is 11.6 Å². The van der Waals surface area contributed by atoms with Crippen molar-refractivity contribution in [3.05, 3.63) is 58.4 Å². The zero-order valence-electron chi connectivity index (χ0n) is 10.7. The average molecular weight is 334 g/mol. The first-order chi connectivity index (χ1) is 10.2. The van der Waals surface area contributed by atoms with E-state index < -0.39 is 29.2 Å². The van der Waals surface area contributed by atoms with E-state index in [1.165, 1.54) is 0 Å². The van der Waals surface area contributed by atoms with Crippen molar-refractivity contribution in [2.24, 2.45) is 0 Å². The molecule has 116 valence electrons. The van der Waals surface area contributed by atoms with E-state index in [0.29, 0.717) is 6.07 Å². The largest absolute Gasteiger partial charge is 0.507 e. The zero-order valence-corrected chi connectivity index (χ0v) is 11.5. The number of phenols is 1. The van der Waals surface area contributed by atoms with Crippen molar-refractivity contribution < 1.29 is 27.5 Å². The number of carbonyl (C=O) groups excluding carboxylic acids is 1. The summed E-state index contributed by atoms with van der Waals surface area (Å²) in [6, 6.07) is 5.10. The third-order valence-corrected chi connectivity index (χ3v) is 3.06. The van der Waals surface area contributed by atoms with Crippen LogP contribution in [0.2, 0.25) is 5.02 Å². The molecule has 0 aliphatic rings. The Labute approximate surface area is 127 Å². The highest BCUT2D eigenvalue weighted by Gasteiger charge is 2.31. The molecule has 0 aliphatic carbocycles. The Kier molecular flexibility index (Phi) is 4.27. The number of amides is 1. The Morgan fingerprint density at radius 2 is 1.82 bits per heavy atom. The zero-order chi connectivity index (χ0) is 16.5. The number of rotatable bonds is 2. The molecular formula is C14H8ClF4NO2. The van der Waals surface area contributed by atoms with Crippen LogP contribution in [0.15, 0.2) is 36.4 Å². The molecule has 0 saturated heterocycles. The molecule has 3 nitrogen and oxygen atoms in total. The van der Waals surface area contributed by atoms with E-state index >= 15 is 0 Å². The van der Waals surface area contributed by atoms with Gasteiger partial charge >= 0.3 is 6.18 Å². The first-order valence-corrected chi connectivity index (χ1v) is 6.23. The van der Waals surface area contributed by atoms with Gasteiger partial charge in [0.05, 0.1) is 21.8 Å². The topological polar surface area (TPSA) is 49.3 Å². The molecule has 1 amide bonds. The number of hydrogen-bond acceptors (Lipinski definition) is 2. The normalized spacial score (nSPS) is 11.3. The lowest BCUT2D eigenvalue weighted by molar-refractivity contribution is -0.137. The lowest BCUT2D eigenvalue weighted by atomic mass is 10.1. The summed E-state index contributed by atoms with van der Waals surface area (Å²) in [6.07, 6.45) is -4.56. The Morgan fingerprint density at radius 3 is 2.41 bits per heavy atom. The monoisotopic (exact) mass is 333 g/mol. The van der Waals surface area contributed by atoms with Crippen molar-refractivity contribution in [3.63, 3.8) is 0 Å². The molecule has 22 heavy (non-hydrogen) atoms. The number of aromatic hydroxyl groups is 1. The quantitative estimate of drug-likeness (QED) is 0.797. The van der Waals surface area contributed by atoms with Gasteiger partial charge in [-0.2, -0.15) is 13.2 Å². The third-order valence-electron chi connectivity index (χ3n) is 2.75. The van der Waals surface area contributed by atoms with Gasteiger partial charge in [-0.05, 0) is 36.4 Å². The van der Waals surface area contributed by atoms with Crippen molar-refractivity contribution in [2.45, 2.75) is 6.18 Å². The molecule has 0 atom stereocenters. The second-order valence-corrected chi connectivity index (χ2v) is 4.72. The van der Waals surface area contributed by atoms with Crippen molar-refractivity contribution in [3.8, 4) is 5.75 Å². The van der Waals surface area contributed by atoms with E-state index in [2.05, 4.69) is 5.32 Å². The van der Waals surface area contributed by atoms with Crippen LogP contribution < -0.4 is 5.32 Å². The van der Waals surface area contributed by atoms with Gasteiger partial charge in [0, 0.05) is 0 Å². The molecule has 0 heterocycles. The molecule has 0 fully saturated rings. The van der Waals surface area contributed by atoms with Crippen LogP contribution in [0.4, 0.5) is 23.2 Å². The van der Waals surface area contributed by atoms with Crippen LogP contribution >= 0.6 is 11.6 Å². The van der Waals surface area contributed by atoms with Gasteiger partial charge < -0.3 is 10.4 Å². The maximum absolute atomic E-state index is 13.1. The van der Waals surface area contributed by atoms with Crippen LogP contribution in [-0.4, -0.2) is 11.0 Å². The summed E-state index contributed by atoms with van der Waals surface area (Å²) >= 11 is 5.69. The van der Waals surface area contributed by atoms with Gasteiger partial charge in [-0.1, -0.05) is 11.6 Å². The molecule has 0 radical (unpaired) electrons. The maximum Gasteiger partial charge on any atom is 0.416 e. The Balaban J connectivity index is 2.27. The molecule has 2 N–H and O–H groups in total. The molecule has 0 unspecified atom stereocenters. The van der Waals surface area contributed by atoms with Crippen molar-refractivity contribution >= 4 is 23.2 Å². The fraction of sp³-hybridized carbons (Fsp3) is 0.0714. The molecule has 8 heteroatoms. The molecule has 2 aromatic rings. The van der Waals surface area contributed by atoms with E-state index in [9.17, 15) is 27.5 Å². The standard InChI is InChI=1S/C14H8ClF4NO2/c15-10-5-7(14(17,18)19)1-3-11(10)20-13(22)9-6-8(16)2-4-12(9)21/h1-6,21H,(H,20,22). The molecule has 0 spiro atoms. The van der Waals surface area contributed by atoms with Crippen molar-refractivity contribution in [1.29, 1.82) is 0 Å². The molecule has 2 aromatic carbocycles. The number of alkyl halides is 3. The van der Waals surface area contributed by atoms with Gasteiger partial charge in [-0.15, -0.1) is 0 Å². The summed E-state index contributed by atoms with van der Waals surface area (Å²) in [5.41, 5.74) is -1.43. The number of nitrogens with one attached hydrogen (secondary N) is 1. The van der Waals surface area contributed by atoms with E-state index in [0.717, 1.165) is 30.3 Å². The summed E-state index contributed by atoms with van der Waals surface area (Å²) in [5, 5.41) is 11.4. The van der Waals surface area contributed by atoms with Crippen LogP contribution in [0.5, 0.6) is 5.75 Å². The molecular weight excluding hydrogens is 326 g/mol. The van der Waals surface area contributed by atoms with Gasteiger partial charge in [0.2, 0.25) is 0 Å². The van der Waals surface area contributed by atoms with Gasteiger partial charge in [-0.25, -0.2) is 4.39 Å². The number of carbonyl (C=O) groups is 1. The Morgan fingerprint density at radius 1 is 1.14 bits per heavy atom. The second kappa shape index (κ2) is 5.84. The summed E-state index contributed by atoms with van der Waals surface area (Å²) < 4.78 is 50.6. The van der Waals surface area contributed by atoms with E-state index in [1.54, 1.807) is 0 Å². The summed E-state index contributed by atoms with van der Waals surface area (Å²) in [5.74, 6) is -2.12. The number of halogens is 5. The highest BCUT2D eigenvalue weighted by atomic mass is 35.5. The van der Waals surface area contributed by atoms with Crippen LogP contribution in [0, 0.1) is 5.82 Å². The third kappa shape index (κ3) is 3.48. The SMILES string of the molecule is O=C(Nc1ccc(C(F)(F)F)cc1Cl)c1cc(F)ccc1O. The van der Waals surface area contributed by atoms with Crippen molar-refractivity contribution in [1.82, 2.24) is 0 Å². The highest BCUT2D eigenvalue weighted by Crippen LogP contribution is 2.34. The maximum atomic E-state index is 13.1. The predicted molar refractivity (Wildman–Crippen MR) is 72.5 cm³/mol. The molecule has 2 rings (SSSR count). The fourth-order valence-electron chi connectivity index (χ4n) is 1.67. The minimum Gasteiger partial charge on any atom is -0.507 e. The van der Waals surface area contributed by atoms with E-state index in [-0.39, 0.29) is 16.3 Å². The highest BCUT2D eigenvalue weighted by molar-refractivity contribution is 6.34. The summed E-state index contributed by atoms with van der Waals surface area (Å²) in [4.78, 5) is 11.9. The van der Waals surface area contributed by atoms with Gasteiger partial charge in [-0.3, -0.25) is 4.79 Å². The molecule has 0 aliphatic heterocycles. The predicted octanol–water partition coefficient (Wildman–Crippen LogP) is 4.46. The van der Waals surface area contributed by atoms with Crippen LogP contribution in [0.25, 0.3) is 0 Å². The molecule has 0 aromatic heterocycles. The minimum absolute atomic E-state index is 0.0941. The Bertz CT molecular complexity index is 731. The van der Waals surface area contributed by atoms with Crippen LogP contribution in [-0.2, 0) is 6.18 Å². The summed E-state index contributed by atoms with van der Waals surface area (Å²) in [6.45, 7) is 0. The number of hydrogen-bond donors (Lipinski definition) is 2. The van der Waals surface area contributed by atoms with E-state index in [4.69, 9.17) is 11.6 Å². The van der Waals surface area contributed by atoms with Gasteiger partial charge in [0.25, 0.3) is 5.91 Å². The fourth-order valence-corrected chi connectivity index (χ4v) is 1.90. The average Bonchev–Trinajstić information content (AvgIpc) is 2.42. The minimum atomic E-state index is -4.56. The number of phenolic OH excluding ortho intramolecular Hbond substituents is 1. The first kappa shape index (κ1) is 16.1. The van der Waals surface area contributed by atoms with Crippen molar-refractivity contribution in [2.75, 3.05) is 5.32 Å².